The van der Waals surface area contributed by atoms with Crippen molar-refractivity contribution >= 4 is 45.0 Å². The third kappa shape index (κ3) is 7.10. The Kier molecular flexibility index (Phi) is 8.13. The number of aryl methyl sites for hydroxylation is 1. The van der Waals surface area contributed by atoms with Gasteiger partial charge in [0.2, 0.25) is 5.91 Å². The lowest BCUT2D eigenvalue weighted by molar-refractivity contribution is -0.113. The zero-order valence-electron chi connectivity index (χ0n) is 18.2. The summed E-state index contributed by atoms with van der Waals surface area (Å²) in [6.45, 7) is 3.93. The van der Waals surface area contributed by atoms with E-state index in [1.807, 2.05) is 6.92 Å². The predicted octanol–water partition coefficient (Wildman–Crippen LogP) is 4.70. The average molecular weight is 485 g/mol. The van der Waals surface area contributed by atoms with E-state index in [9.17, 15) is 18.0 Å². The normalized spacial score (nSPS) is 11.0. The van der Waals surface area contributed by atoms with Gasteiger partial charge in [0.1, 0.15) is 0 Å². The van der Waals surface area contributed by atoms with Gasteiger partial charge in [-0.05, 0) is 74.5 Å². The van der Waals surface area contributed by atoms with Gasteiger partial charge in [-0.2, -0.15) is 0 Å². The number of carbonyl (C=O) groups is 2. The molecule has 7 nitrogen and oxygen atoms in total. The second-order valence-electron chi connectivity index (χ2n) is 7.08. The molecule has 0 aliphatic carbocycles. The molecule has 9 heteroatoms. The van der Waals surface area contributed by atoms with Crippen LogP contribution in [0, 0.1) is 6.92 Å². The van der Waals surface area contributed by atoms with Crippen molar-refractivity contribution in [1.29, 1.82) is 0 Å². The van der Waals surface area contributed by atoms with E-state index in [-0.39, 0.29) is 16.6 Å². The fraction of sp³-hybridized carbons (Fsp3) is 0.167. The number of nitrogens with one attached hydrogen (secondary N) is 2. The van der Waals surface area contributed by atoms with Crippen molar-refractivity contribution < 1.29 is 22.7 Å². The summed E-state index contributed by atoms with van der Waals surface area (Å²) in [4.78, 5) is 24.9. The molecule has 0 aliphatic heterocycles. The van der Waals surface area contributed by atoms with Crippen LogP contribution in [0.15, 0.2) is 82.6 Å². The van der Waals surface area contributed by atoms with Crippen LogP contribution in [0.2, 0.25) is 0 Å². The highest BCUT2D eigenvalue weighted by atomic mass is 32.2. The van der Waals surface area contributed by atoms with Gasteiger partial charge in [0.05, 0.1) is 22.8 Å². The third-order valence-electron chi connectivity index (χ3n) is 4.49. The smallest absolute Gasteiger partial charge is 0.338 e. The van der Waals surface area contributed by atoms with Crippen LogP contribution in [0.4, 0.5) is 11.4 Å². The third-order valence-corrected chi connectivity index (χ3v) is 6.90. The number of esters is 1. The molecule has 3 aromatic rings. The van der Waals surface area contributed by atoms with E-state index < -0.39 is 16.0 Å². The number of thioether (sulfide) groups is 1. The van der Waals surface area contributed by atoms with Gasteiger partial charge in [-0.1, -0.05) is 17.7 Å². The maximum absolute atomic E-state index is 12.5. The minimum absolute atomic E-state index is 0.175. The Labute approximate surface area is 197 Å². The predicted molar refractivity (Wildman–Crippen MR) is 130 cm³/mol. The monoisotopic (exact) mass is 484 g/mol. The van der Waals surface area contributed by atoms with E-state index in [0.717, 1.165) is 10.5 Å². The number of sulfonamides is 1. The van der Waals surface area contributed by atoms with E-state index in [2.05, 4.69) is 10.0 Å². The Morgan fingerprint density at radius 1 is 0.879 bits per heavy atom. The maximum Gasteiger partial charge on any atom is 0.338 e. The summed E-state index contributed by atoms with van der Waals surface area (Å²) in [7, 11) is -3.67. The number of benzene rings is 3. The van der Waals surface area contributed by atoms with Crippen LogP contribution < -0.4 is 10.0 Å². The van der Waals surface area contributed by atoms with E-state index in [1.54, 1.807) is 79.7 Å². The molecule has 0 bridgehead atoms. The first-order valence-corrected chi connectivity index (χ1v) is 12.6. The number of amides is 1. The molecule has 33 heavy (non-hydrogen) atoms. The van der Waals surface area contributed by atoms with Gasteiger partial charge in [0.15, 0.2) is 0 Å². The summed E-state index contributed by atoms with van der Waals surface area (Å²) < 4.78 is 32.4. The maximum atomic E-state index is 12.5. The largest absolute Gasteiger partial charge is 0.462 e. The van der Waals surface area contributed by atoms with E-state index in [1.165, 1.54) is 11.8 Å². The van der Waals surface area contributed by atoms with Crippen molar-refractivity contribution in [1.82, 2.24) is 0 Å². The van der Waals surface area contributed by atoms with Crippen molar-refractivity contribution in [3.05, 3.63) is 83.9 Å². The topological polar surface area (TPSA) is 102 Å². The Balaban J connectivity index is 1.51. The van der Waals surface area contributed by atoms with Crippen LogP contribution in [0.25, 0.3) is 0 Å². The summed E-state index contributed by atoms with van der Waals surface area (Å²) in [6, 6.07) is 19.9. The van der Waals surface area contributed by atoms with Crippen LogP contribution in [0.5, 0.6) is 0 Å². The minimum Gasteiger partial charge on any atom is -0.462 e. The standard InChI is InChI=1S/C24H24N2O5S2/c1-3-31-24(28)18-6-8-19(9-7-18)25-23(27)16-32-21-12-10-20(11-13-21)26-33(29,30)22-14-4-17(2)5-15-22/h4-15,26H,3,16H2,1-2H3,(H,25,27). The Hall–Kier alpha value is -3.30. The van der Waals surface area contributed by atoms with Crippen LogP contribution >= 0.6 is 11.8 Å². The van der Waals surface area contributed by atoms with E-state index in [4.69, 9.17) is 4.74 Å². The molecule has 3 aromatic carbocycles. The van der Waals surface area contributed by atoms with Crippen LogP contribution in [0.1, 0.15) is 22.8 Å². The molecule has 0 aromatic heterocycles. The van der Waals surface area contributed by atoms with E-state index >= 15 is 0 Å². The molecule has 0 aliphatic rings. The van der Waals surface area contributed by atoms with Crippen molar-refractivity contribution in [3.8, 4) is 0 Å². The number of anilines is 2. The molecule has 0 atom stereocenters. The highest BCUT2D eigenvalue weighted by Crippen LogP contribution is 2.23. The first kappa shape index (κ1) is 24.3. The highest BCUT2D eigenvalue weighted by Gasteiger charge is 2.14. The summed E-state index contributed by atoms with van der Waals surface area (Å²) in [5.41, 5.74) is 2.41. The van der Waals surface area contributed by atoms with Gasteiger partial charge in [0, 0.05) is 16.3 Å². The first-order chi connectivity index (χ1) is 15.8. The molecule has 0 heterocycles. The van der Waals surface area contributed by atoms with Crippen molar-refractivity contribution in [2.45, 2.75) is 23.6 Å². The molecule has 0 unspecified atom stereocenters. The average Bonchev–Trinajstić information content (AvgIpc) is 2.79. The van der Waals surface area contributed by atoms with Crippen LogP contribution in [-0.4, -0.2) is 32.7 Å². The van der Waals surface area contributed by atoms with Crippen molar-refractivity contribution in [3.63, 3.8) is 0 Å². The Bertz CT molecular complexity index is 1210. The van der Waals surface area contributed by atoms with Crippen LogP contribution in [-0.2, 0) is 19.6 Å². The summed E-state index contributed by atoms with van der Waals surface area (Å²) in [5, 5.41) is 2.77. The molecule has 0 saturated carbocycles. The zero-order chi connectivity index (χ0) is 23.8. The fourth-order valence-electron chi connectivity index (χ4n) is 2.80. The lowest BCUT2D eigenvalue weighted by Crippen LogP contribution is -2.14. The lowest BCUT2D eigenvalue weighted by atomic mass is 10.2. The minimum atomic E-state index is -3.67. The molecular formula is C24H24N2O5S2. The molecule has 0 radical (unpaired) electrons. The molecule has 0 fully saturated rings. The quantitative estimate of drug-likeness (QED) is 0.337. The van der Waals surface area contributed by atoms with E-state index in [0.29, 0.717) is 23.5 Å². The van der Waals surface area contributed by atoms with Crippen LogP contribution in [0.3, 0.4) is 0 Å². The van der Waals surface area contributed by atoms with Gasteiger partial charge in [-0.15, -0.1) is 11.8 Å². The van der Waals surface area contributed by atoms with Gasteiger partial charge < -0.3 is 10.1 Å². The number of hydrogen-bond donors (Lipinski definition) is 2. The molecule has 0 spiro atoms. The molecular weight excluding hydrogens is 460 g/mol. The molecule has 2 N–H and O–H groups in total. The second kappa shape index (κ2) is 11.0. The molecule has 3 rings (SSSR count). The number of ether oxygens (including phenoxy) is 1. The first-order valence-electron chi connectivity index (χ1n) is 10.2. The number of carbonyl (C=O) groups excluding carboxylic acids is 2. The van der Waals surface area contributed by atoms with Gasteiger partial charge >= 0.3 is 5.97 Å². The zero-order valence-corrected chi connectivity index (χ0v) is 19.8. The summed E-state index contributed by atoms with van der Waals surface area (Å²) >= 11 is 1.32. The van der Waals surface area contributed by atoms with Gasteiger partial charge in [-0.25, -0.2) is 13.2 Å². The Morgan fingerprint density at radius 2 is 1.48 bits per heavy atom. The fourth-order valence-corrected chi connectivity index (χ4v) is 4.56. The number of rotatable bonds is 9. The van der Waals surface area contributed by atoms with Gasteiger partial charge in [0.25, 0.3) is 10.0 Å². The van der Waals surface area contributed by atoms with Crippen molar-refractivity contribution in [2.75, 3.05) is 22.4 Å². The number of hydrogen-bond acceptors (Lipinski definition) is 6. The van der Waals surface area contributed by atoms with Gasteiger partial charge in [-0.3, -0.25) is 9.52 Å². The SMILES string of the molecule is CCOC(=O)c1ccc(NC(=O)CSc2ccc(NS(=O)(=O)c3ccc(C)cc3)cc2)cc1. The summed E-state index contributed by atoms with van der Waals surface area (Å²) in [6.07, 6.45) is 0. The Morgan fingerprint density at radius 3 is 2.09 bits per heavy atom. The molecule has 0 saturated heterocycles. The second-order valence-corrected chi connectivity index (χ2v) is 9.81. The highest BCUT2D eigenvalue weighted by molar-refractivity contribution is 8.00. The molecule has 172 valence electrons. The van der Waals surface area contributed by atoms with Crippen molar-refractivity contribution in [2.24, 2.45) is 0 Å². The lowest BCUT2D eigenvalue weighted by Gasteiger charge is -2.09. The summed E-state index contributed by atoms with van der Waals surface area (Å²) in [5.74, 6) is -0.433. The molecule has 1 amide bonds.